The zero-order valence-corrected chi connectivity index (χ0v) is 24.5. The van der Waals surface area contributed by atoms with Crippen molar-refractivity contribution < 1.29 is 43.3 Å². The van der Waals surface area contributed by atoms with Crippen LogP contribution in [-0.4, -0.2) is 137 Å². The number of fused-ring (bicyclic) bond motifs is 6. The average Bonchev–Trinajstić information content (AvgIpc) is 3.54. The topological polar surface area (TPSA) is 161 Å². The maximum absolute atomic E-state index is 14.1. The predicted octanol–water partition coefficient (Wildman–Crippen LogP) is -1.64. The van der Waals surface area contributed by atoms with Gasteiger partial charge in [0.25, 0.3) is 0 Å². The molecule has 44 heavy (non-hydrogen) atoms. The molecule has 1 aromatic rings. The van der Waals surface area contributed by atoms with E-state index in [0.29, 0.717) is 45.6 Å². The highest BCUT2D eigenvalue weighted by Crippen LogP contribution is 2.28. The number of likely N-dealkylation sites (tertiary alicyclic amines) is 1. The number of aliphatic hydroxyl groups is 2. The zero-order chi connectivity index (χ0) is 31.0. The molecule has 7 atom stereocenters. The molecule has 5 saturated heterocycles. The molecule has 5 aliphatic rings. The van der Waals surface area contributed by atoms with E-state index in [1.165, 1.54) is 12.1 Å². The number of rotatable bonds is 3. The van der Waals surface area contributed by atoms with Crippen LogP contribution in [0.2, 0.25) is 0 Å². The summed E-state index contributed by atoms with van der Waals surface area (Å²) in [5.74, 6) is -1.88. The third-order valence-electron chi connectivity index (χ3n) is 9.53. The van der Waals surface area contributed by atoms with Gasteiger partial charge in [-0.2, -0.15) is 0 Å². The number of aliphatic hydroxyl groups excluding tert-OH is 2. The van der Waals surface area contributed by atoms with E-state index in [9.17, 15) is 33.8 Å². The Hall–Kier alpha value is -3.17. The van der Waals surface area contributed by atoms with E-state index in [4.69, 9.17) is 9.47 Å². The summed E-state index contributed by atoms with van der Waals surface area (Å²) >= 11 is 0. The van der Waals surface area contributed by atoms with Gasteiger partial charge in [0.05, 0.1) is 25.1 Å². The van der Waals surface area contributed by atoms with E-state index in [1.54, 1.807) is 21.9 Å². The molecule has 14 heteroatoms. The number of amides is 4. The smallest absolute Gasteiger partial charge is 0.244 e. The minimum Gasteiger partial charge on any atom is -0.388 e. The molecule has 0 aromatic heterocycles. The van der Waals surface area contributed by atoms with Crippen molar-refractivity contribution in [1.29, 1.82) is 0 Å². The first-order valence-electron chi connectivity index (χ1n) is 15.4. The number of carbonyl (C=O) groups is 4. The Morgan fingerprint density at radius 3 is 2.45 bits per heavy atom. The Morgan fingerprint density at radius 1 is 0.977 bits per heavy atom. The number of benzene rings is 1. The van der Waals surface area contributed by atoms with Crippen LogP contribution >= 0.6 is 0 Å². The minimum absolute atomic E-state index is 0.0170. The number of nitrogens with zero attached hydrogens (tertiary/aromatic N) is 3. The van der Waals surface area contributed by atoms with Crippen molar-refractivity contribution in [1.82, 2.24) is 25.3 Å². The number of hydrogen-bond donors (Lipinski definition) is 4. The van der Waals surface area contributed by atoms with Crippen molar-refractivity contribution in [3.8, 4) is 0 Å². The Balaban J connectivity index is 1.27. The number of nitrogens with one attached hydrogen (secondary N) is 2. The lowest BCUT2D eigenvalue weighted by atomic mass is 9.96. The summed E-state index contributed by atoms with van der Waals surface area (Å²) in [6.45, 7) is 1.89. The molecule has 0 unspecified atom stereocenters. The summed E-state index contributed by atoms with van der Waals surface area (Å²) in [6, 6.07) is 4.04. The molecule has 0 aliphatic carbocycles. The van der Waals surface area contributed by atoms with Crippen LogP contribution in [0.5, 0.6) is 0 Å². The van der Waals surface area contributed by atoms with Gasteiger partial charge >= 0.3 is 0 Å². The highest BCUT2D eigenvalue weighted by atomic mass is 19.1. The van der Waals surface area contributed by atoms with E-state index in [2.05, 4.69) is 10.6 Å². The molecule has 0 radical (unpaired) electrons. The summed E-state index contributed by atoms with van der Waals surface area (Å²) in [7, 11) is 0. The van der Waals surface area contributed by atoms with Crippen molar-refractivity contribution in [3.63, 3.8) is 0 Å². The van der Waals surface area contributed by atoms with Crippen LogP contribution in [0.25, 0.3) is 0 Å². The van der Waals surface area contributed by atoms with Crippen molar-refractivity contribution >= 4 is 23.6 Å². The fourth-order valence-electron chi connectivity index (χ4n) is 7.08. The molecule has 0 saturated carbocycles. The highest BCUT2D eigenvalue weighted by Gasteiger charge is 2.47. The number of halogens is 1. The van der Waals surface area contributed by atoms with Crippen molar-refractivity contribution in [2.24, 2.45) is 5.92 Å². The lowest BCUT2D eigenvalue weighted by Crippen LogP contribution is -2.64. The summed E-state index contributed by atoms with van der Waals surface area (Å²) in [6.07, 6.45) is -3.38. The van der Waals surface area contributed by atoms with Gasteiger partial charge in [0.15, 0.2) is 0 Å². The van der Waals surface area contributed by atoms with Gasteiger partial charge in [-0.1, -0.05) is 12.1 Å². The number of ether oxygens (including phenoxy) is 2. The molecule has 5 aliphatic heterocycles. The van der Waals surface area contributed by atoms with Crippen molar-refractivity contribution in [2.45, 2.75) is 74.8 Å². The van der Waals surface area contributed by atoms with Crippen LogP contribution in [0.15, 0.2) is 24.3 Å². The second-order valence-corrected chi connectivity index (χ2v) is 12.4. The second kappa shape index (κ2) is 13.1. The van der Waals surface area contributed by atoms with Gasteiger partial charge in [0.1, 0.15) is 30.2 Å². The summed E-state index contributed by atoms with van der Waals surface area (Å²) in [4.78, 5) is 59.5. The van der Waals surface area contributed by atoms with Gasteiger partial charge in [-0.15, -0.1) is 0 Å². The fraction of sp³-hybridized carbons (Fsp3) is 0.667. The van der Waals surface area contributed by atoms with E-state index in [1.807, 2.05) is 4.90 Å². The Labute approximate surface area is 254 Å². The van der Waals surface area contributed by atoms with Gasteiger partial charge in [0.2, 0.25) is 23.6 Å². The highest BCUT2D eigenvalue weighted by molar-refractivity contribution is 5.91. The maximum Gasteiger partial charge on any atom is 0.244 e. The third kappa shape index (κ3) is 6.45. The van der Waals surface area contributed by atoms with E-state index < -0.39 is 48.3 Å². The summed E-state index contributed by atoms with van der Waals surface area (Å²) in [5.41, 5.74) is 0.800. The SMILES string of the molecule is O=C1C[C@@H]2O[C@H](CNC(=O)[C@@H]3CN(CCN3C(=O)C3CCOCC3)C(=O)[C@@H]3C[C@@H](CN3Cc3ccc(F)cc3)N1)[C@@H](O)[C@H]2O. The van der Waals surface area contributed by atoms with Crippen LogP contribution in [0.1, 0.15) is 31.2 Å². The number of piperazine rings is 1. The van der Waals surface area contributed by atoms with Crippen LogP contribution < -0.4 is 10.6 Å². The molecular weight excluding hydrogens is 577 g/mol. The lowest BCUT2D eigenvalue weighted by Gasteiger charge is -2.43. The molecule has 6 bridgehead atoms. The van der Waals surface area contributed by atoms with Crippen LogP contribution in [0.3, 0.4) is 0 Å². The first-order valence-corrected chi connectivity index (χ1v) is 15.4. The molecule has 240 valence electrons. The maximum atomic E-state index is 14.1. The Morgan fingerprint density at radius 2 is 1.70 bits per heavy atom. The Kier molecular flexibility index (Phi) is 9.15. The number of hydrogen-bond acceptors (Lipinski definition) is 9. The number of carbonyl (C=O) groups excluding carboxylic acids is 4. The quantitative estimate of drug-likeness (QED) is 0.312. The molecule has 1 aromatic carbocycles. The molecule has 4 amide bonds. The monoisotopic (exact) mass is 617 g/mol. The molecule has 13 nitrogen and oxygen atoms in total. The van der Waals surface area contributed by atoms with E-state index >= 15 is 0 Å². The summed E-state index contributed by atoms with van der Waals surface area (Å²) < 4.78 is 24.8. The average molecular weight is 618 g/mol. The lowest BCUT2D eigenvalue weighted by molar-refractivity contribution is -0.154. The fourth-order valence-corrected chi connectivity index (χ4v) is 7.08. The standard InChI is InChI=1S/C30H40FN5O8/c31-19-3-1-17(2-4-19)14-35-15-20-11-21(35)30(42)34-7-8-36(29(41)18-5-9-43-10-6-18)22(16-34)28(40)32-13-24-27(39)26(38)23(44-24)12-25(37)33-20/h1-4,18,20-24,26-27,38-39H,5-16H2,(H,32,40)(H,33,37)/t20-,21-,22-,23-,24+,26-,27+/m0/s1. The van der Waals surface area contributed by atoms with Crippen LogP contribution in [0, 0.1) is 11.7 Å². The normalized spacial score (nSPS) is 34.2. The van der Waals surface area contributed by atoms with Gasteiger partial charge in [-0.05, 0) is 37.0 Å². The second-order valence-electron chi connectivity index (χ2n) is 12.4. The largest absolute Gasteiger partial charge is 0.388 e. The predicted molar refractivity (Wildman–Crippen MR) is 151 cm³/mol. The van der Waals surface area contributed by atoms with Crippen molar-refractivity contribution in [2.75, 3.05) is 45.9 Å². The van der Waals surface area contributed by atoms with Crippen LogP contribution in [0.4, 0.5) is 4.39 Å². The molecule has 0 spiro atoms. The zero-order valence-electron chi connectivity index (χ0n) is 24.5. The van der Waals surface area contributed by atoms with E-state index in [-0.39, 0.29) is 62.2 Å². The van der Waals surface area contributed by atoms with Crippen molar-refractivity contribution in [3.05, 3.63) is 35.6 Å². The van der Waals surface area contributed by atoms with Gasteiger partial charge in [-0.3, -0.25) is 24.1 Å². The molecule has 5 heterocycles. The Bertz CT molecular complexity index is 1250. The first-order chi connectivity index (χ1) is 21.2. The summed E-state index contributed by atoms with van der Waals surface area (Å²) in [5, 5.41) is 26.9. The first kappa shape index (κ1) is 30.8. The molecular formula is C30H40FN5O8. The van der Waals surface area contributed by atoms with Crippen LogP contribution in [-0.2, 0) is 35.2 Å². The van der Waals surface area contributed by atoms with Gasteiger partial charge < -0.3 is 40.1 Å². The third-order valence-corrected chi connectivity index (χ3v) is 9.53. The minimum atomic E-state index is -1.33. The van der Waals surface area contributed by atoms with E-state index in [0.717, 1.165) is 5.56 Å². The van der Waals surface area contributed by atoms with Gasteiger partial charge in [0, 0.05) is 57.9 Å². The van der Waals surface area contributed by atoms with Gasteiger partial charge in [-0.25, -0.2) is 4.39 Å². The molecule has 5 fully saturated rings. The molecule has 6 rings (SSSR count). The molecule has 4 N–H and O–H groups in total.